The Morgan fingerprint density at radius 2 is 1.88 bits per heavy atom. The van der Waals surface area contributed by atoms with E-state index in [1.54, 1.807) is 35.5 Å². The molecule has 1 atom stereocenters. The number of piperidine rings is 1. The third kappa shape index (κ3) is 3.77. The molecule has 1 aliphatic rings. The van der Waals surface area contributed by atoms with Gasteiger partial charge in [0.05, 0.1) is 4.90 Å². The lowest BCUT2D eigenvalue weighted by Crippen LogP contribution is -2.41. The van der Waals surface area contributed by atoms with Crippen LogP contribution in [0.25, 0.3) is 0 Å². The zero-order valence-electron chi connectivity index (χ0n) is 14.4. The van der Waals surface area contributed by atoms with Crippen LogP contribution in [-0.2, 0) is 10.0 Å². The molecular formula is C18H22N2O4S. The van der Waals surface area contributed by atoms with E-state index in [1.807, 2.05) is 6.92 Å². The second kappa shape index (κ2) is 7.01. The van der Waals surface area contributed by atoms with Crippen molar-refractivity contribution < 1.29 is 17.6 Å². The van der Waals surface area contributed by atoms with Crippen LogP contribution in [0.2, 0.25) is 0 Å². The Labute approximate surface area is 147 Å². The minimum absolute atomic E-state index is 0.0142. The van der Waals surface area contributed by atoms with Crippen molar-refractivity contribution in [3.8, 4) is 0 Å². The normalized spacial score (nSPS) is 18.9. The van der Waals surface area contributed by atoms with Crippen LogP contribution in [-0.4, -0.2) is 31.2 Å². The van der Waals surface area contributed by atoms with Gasteiger partial charge in [-0.3, -0.25) is 4.79 Å². The predicted octanol–water partition coefficient (Wildman–Crippen LogP) is 3.40. The summed E-state index contributed by atoms with van der Waals surface area (Å²) in [5.41, 5.74) is 0.518. The molecule has 1 unspecified atom stereocenters. The third-order valence-corrected chi connectivity index (χ3v) is 6.45. The van der Waals surface area contributed by atoms with Gasteiger partial charge in [0.1, 0.15) is 5.76 Å². The van der Waals surface area contributed by atoms with Crippen LogP contribution >= 0.6 is 0 Å². The molecule has 2 aromatic rings. The summed E-state index contributed by atoms with van der Waals surface area (Å²) in [5, 5.41) is 2.70. The van der Waals surface area contributed by atoms with Crippen LogP contribution in [0.3, 0.4) is 0 Å². The predicted molar refractivity (Wildman–Crippen MR) is 95.0 cm³/mol. The van der Waals surface area contributed by atoms with Gasteiger partial charge in [-0.25, -0.2) is 8.42 Å². The summed E-state index contributed by atoms with van der Waals surface area (Å²) in [4.78, 5) is 12.3. The van der Waals surface area contributed by atoms with Crippen molar-refractivity contribution in [2.45, 2.75) is 44.0 Å². The fourth-order valence-corrected chi connectivity index (χ4v) is 4.72. The molecular weight excluding hydrogens is 340 g/mol. The van der Waals surface area contributed by atoms with Gasteiger partial charge in [-0.1, -0.05) is 6.42 Å². The van der Waals surface area contributed by atoms with Gasteiger partial charge < -0.3 is 9.73 Å². The highest BCUT2D eigenvalue weighted by Crippen LogP contribution is 2.26. The van der Waals surface area contributed by atoms with Gasteiger partial charge in [-0.2, -0.15) is 4.31 Å². The number of amides is 1. The Hall–Kier alpha value is -2.12. The molecule has 0 saturated carbocycles. The third-order valence-electron chi connectivity index (χ3n) is 4.42. The van der Waals surface area contributed by atoms with E-state index >= 15 is 0 Å². The summed E-state index contributed by atoms with van der Waals surface area (Å²) in [5.74, 6) is 0.506. The first-order chi connectivity index (χ1) is 11.9. The number of rotatable bonds is 4. The molecule has 3 rings (SSSR count). The van der Waals surface area contributed by atoms with Crippen molar-refractivity contribution in [1.29, 1.82) is 0 Å². The number of hydrogen-bond donors (Lipinski definition) is 1. The highest BCUT2D eigenvalue weighted by Gasteiger charge is 2.30. The van der Waals surface area contributed by atoms with Crippen LogP contribution in [0, 0.1) is 6.92 Å². The van der Waals surface area contributed by atoms with E-state index in [-0.39, 0.29) is 22.6 Å². The number of nitrogens with zero attached hydrogens (tertiary/aromatic N) is 1. The van der Waals surface area contributed by atoms with Crippen LogP contribution < -0.4 is 5.32 Å². The molecule has 25 heavy (non-hydrogen) atoms. The molecule has 0 aliphatic carbocycles. The number of carbonyl (C=O) groups excluding carboxylic acids is 1. The molecule has 6 nitrogen and oxygen atoms in total. The van der Waals surface area contributed by atoms with Gasteiger partial charge in [0.15, 0.2) is 5.76 Å². The van der Waals surface area contributed by atoms with Crippen LogP contribution in [0.5, 0.6) is 0 Å². The number of anilines is 1. The highest BCUT2D eigenvalue weighted by molar-refractivity contribution is 7.89. The molecule has 0 spiro atoms. The SMILES string of the molecule is Cc1ccc(C(=O)Nc2ccc(S(=O)(=O)N3CCCCC3C)cc2)o1. The Balaban J connectivity index is 1.74. The summed E-state index contributed by atoms with van der Waals surface area (Å²) in [6.45, 7) is 4.26. The van der Waals surface area contributed by atoms with E-state index in [9.17, 15) is 13.2 Å². The molecule has 0 radical (unpaired) electrons. The van der Waals surface area contributed by atoms with Gasteiger partial charge in [-0.15, -0.1) is 0 Å². The summed E-state index contributed by atoms with van der Waals surface area (Å²) in [6.07, 6.45) is 2.83. The average molecular weight is 362 g/mol. The molecule has 1 amide bonds. The molecule has 1 aliphatic heterocycles. The first-order valence-electron chi connectivity index (χ1n) is 8.37. The van der Waals surface area contributed by atoms with Crippen molar-refractivity contribution in [2.75, 3.05) is 11.9 Å². The Kier molecular flexibility index (Phi) is 4.96. The first kappa shape index (κ1) is 17.7. The molecule has 1 fully saturated rings. The summed E-state index contributed by atoms with van der Waals surface area (Å²) in [7, 11) is -3.50. The van der Waals surface area contributed by atoms with Crippen LogP contribution in [0.15, 0.2) is 45.7 Å². The number of nitrogens with one attached hydrogen (secondary N) is 1. The number of carbonyl (C=O) groups is 1. The molecule has 1 N–H and O–H groups in total. The average Bonchev–Trinajstić information content (AvgIpc) is 3.02. The van der Waals surface area contributed by atoms with E-state index in [4.69, 9.17) is 4.42 Å². The van der Waals surface area contributed by atoms with E-state index in [0.29, 0.717) is 18.0 Å². The van der Waals surface area contributed by atoms with Crippen molar-refractivity contribution in [2.24, 2.45) is 0 Å². The van der Waals surface area contributed by atoms with Crippen molar-refractivity contribution >= 4 is 21.6 Å². The maximum atomic E-state index is 12.8. The molecule has 0 bridgehead atoms. The van der Waals surface area contributed by atoms with Crippen molar-refractivity contribution in [3.05, 3.63) is 47.9 Å². The van der Waals surface area contributed by atoms with E-state index < -0.39 is 10.0 Å². The molecule has 2 heterocycles. The lowest BCUT2D eigenvalue weighted by molar-refractivity contribution is 0.0995. The maximum Gasteiger partial charge on any atom is 0.291 e. The number of hydrogen-bond acceptors (Lipinski definition) is 4. The molecule has 134 valence electrons. The minimum Gasteiger partial charge on any atom is -0.456 e. The fourth-order valence-electron chi connectivity index (χ4n) is 3.02. The molecule has 1 saturated heterocycles. The largest absolute Gasteiger partial charge is 0.456 e. The molecule has 1 aromatic carbocycles. The van der Waals surface area contributed by atoms with Gasteiger partial charge >= 0.3 is 0 Å². The Bertz CT molecular complexity index is 855. The second-order valence-electron chi connectivity index (χ2n) is 6.35. The Morgan fingerprint density at radius 1 is 1.16 bits per heavy atom. The topological polar surface area (TPSA) is 79.6 Å². The van der Waals surface area contributed by atoms with Gasteiger partial charge in [0, 0.05) is 18.3 Å². The van der Waals surface area contributed by atoms with Gasteiger partial charge in [0.2, 0.25) is 10.0 Å². The van der Waals surface area contributed by atoms with Crippen LogP contribution in [0.4, 0.5) is 5.69 Å². The van der Waals surface area contributed by atoms with E-state index in [0.717, 1.165) is 19.3 Å². The summed E-state index contributed by atoms with van der Waals surface area (Å²) in [6, 6.07) is 9.57. The molecule has 1 aromatic heterocycles. The number of aryl methyl sites for hydroxylation is 1. The zero-order chi connectivity index (χ0) is 18.0. The van der Waals surface area contributed by atoms with Crippen molar-refractivity contribution in [1.82, 2.24) is 4.31 Å². The number of sulfonamides is 1. The second-order valence-corrected chi connectivity index (χ2v) is 8.24. The number of benzene rings is 1. The summed E-state index contributed by atoms with van der Waals surface area (Å²) >= 11 is 0. The fraction of sp³-hybridized carbons (Fsp3) is 0.389. The lowest BCUT2D eigenvalue weighted by atomic mass is 10.1. The number of furan rings is 1. The Morgan fingerprint density at radius 3 is 2.48 bits per heavy atom. The standard InChI is InChI=1S/C18H22N2O4S/c1-13-5-3-4-12-20(13)25(22,23)16-9-7-15(8-10-16)19-18(21)17-11-6-14(2)24-17/h6-11,13H,3-5,12H2,1-2H3,(H,19,21). The highest BCUT2D eigenvalue weighted by atomic mass is 32.2. The quantitative estimate of drug-likeness (QED) is 0.904. The maximum absolute atomic E-state index is 12.8. The van der Waals surface area contributed by atoms with E-state index in [2.05, 4.69) is 5.32 Å². The van der Waals surface area contributed by atoms with Gasteiger partial charge in [-0.05, 0) is 63.1 Å². The molecule has 7 heteroatoms. The van der Waals surface area contributed by atoms with Gasteiger partial charge in [0.25, 0.3) is 5.91 Å². The monoisotopic (exact) mass is 362 g/mol. The summed E-state index contributed by atoms with van der Waals surface area (Å²) < 4.78 is 32.4. The van der Waals surface area contributed by atoms with E-state index in [1.165, 1.54) is 12.1 Å². The first-order valence-corrected chi connectivity index (χ1v) is 9.81. The smallest absolute Gasteiger partial charge is 0.291 e. The van der Waals surface area contributed by atoms with Crippen molar-refractivity contribution in [3.63, 3.8) is 0 Å². The lowest BCUT2D eigenvalue weighted by Gasteiger charge is -2.32. The minimum atomic E-state index is -3.50. The zero-order valence-corrected chi connectivity index (χ0v) is 15.2. The van der Waals surface area contributed by atoms with Crippen LogP contribution in [0.1, 0.15) is 42.5 Å².